The topological polar surface area (TPSA) is 73.3 Å². The predicted molar refractivity (Wildman–Crippen MR) is 105 cm³/mol. The van der Waals surface area contributed by atoms with E-state index in [4.69, 9.17) is 21.1 Å². The van der Waals surface area contributed by atoms with Crippen LogP contribution in [0.4, 0.5) is 5.82 Å². The summed E-state index contributed by atoms with van der Waals surface area (Å²) in [4.78, 5) is 21.3. The molecular weight excluding hydrogens is 366 g/mol. The molecule has 27 heavy (non-hydrogen) atoms. The van der Waals surface area contributed by atoms with Crippen LogP contribution < -0.4 is 5.32 Å². The molecule has 1 aromatic rings. The number of anilines is 1. The number of carbonyl (C=O) groups excluding carboxylic acids is 1. The van der Waals surface area contributed by atoms with Crippen molar-refractivity contribution >= 4 is 29.5 Å². The van der Waals surface area contributed by atoms with Crippen LogP contribution in [-0.2, 0) is 14.3 Å². The van der Waals surface area contributed by atoms with E-state index in [9.17, 15) is 4.79 Å². The molecule has 0 amide bonds. The molecule has 0 aliphatic heterocycles. The van der Waals surface area contributed by atoms with Crippen LogP contribution >= 0.6 is 11.6 Å². The minimum atomic E-state index is -0.143. The van der Waals surface area contributed by atoms with Crippen molar-refractivity contribution in [1.29, 1.82) is 0 Å². The standard InChI is InChI=1S/C20H28ClN3O3/c1-4-26-11-10-15-12(3)22-20(21)24-18(15)23-17-14-8-6-13(7-9-14)16(17)19(25)27-5-2/h10-11,13-14,16-17H,4-9H2,1-3H3,(H,22,23,24)/b11-10+/t13?,14?,16-,17-/m0/s1. The molecule has 4 rings (SSSR count). The second kappa shape index (κ2) is 8.91. The Hall–Kier alpha value is -1.82. The van der Waals surface area contributed by atoms with Gasteiger partial charge in [-0.3, -0.25) is 4.79 Å². The maximum Gasteiger partial charge on any atom is 0.311 e. The van der Waals surface area contributed by atoms with Crippen LogP contribution in [-0.4, -0.2) is 35.2 Å². The summed E-state index contributed by atoms with van der Waals surface area (Å²) in [6.07, 6.45) is 7.92. The zero-order valence-corrected chi connectivity index (χ0v) is 17.0. The predicted octanol–water partition coefficient (Wildman–Crippen LogP) is 4.23. The summed E-state index contributed by atoms with van der Waals surface area (Å²) in [5, 5.41) is 3.73. The van der Waals surface area contributed by atoms with E-state index in [-0.39, 0.29) is 23.2 Å². The van der Waals surface area contributed by atoms with Gasteiger partial charge in [0.1, 0.15) is 5.82 Å². The van der Waals surface area contributed by atoms with Gasteiger partial charge in [0, 0.05) is 11.6 Å². The number of nitrogens with one attached hydrogen (secondary N) is 1. The Morgan fingerprint density at radius 3 is 2.56 bits per heavy atom. The number of halogens is 1. The van der Waals surface area contributed by atoms with E-state index in [1.807, 2.05) is 26.8 Å². The largest absolute Gasteiger partial charge is 0.501 e. The second-order valence-electron chi connectivity index (χ2n) is 7.22. The monoisotopic (exact) mass is 393 g/mol. The van der Waals surface area contributed by atoms with Crippen molar-refractivity contribution in [2.75, 3.05) is 18.5 Å². The molecule has 0 saturated heterocycles. The molecule has 2 bridgehead atoms. The summed E-state index contributed by atoms with van der Waals surface area (Å²) in [6.45, 7) is 6.66. The highest BCUT2D eigenvalue weighted by atomic mass is 35.5. The lowest BCUT2D eigenvalue weighted by Gasteiger charge is -2.47. The first-order valence-corrected chi connectivity index (χ1v) is 10.2. The quantitative estimate of drug-likeness (QED) is 0.424. The summed E-state index contributed by atoms with van der Waals surface area (Å²) in [7, 11) is 0. The molecule has 0 spiro atoms. The van der Waals surface area contributed by atoms with Crippen LogP contribution in [0.25, 0.3) is 6.08 Å². The van der Waals surface area contributed by atoms with Gasteiger partial charge in [-0.25, -0.2) is 9.97 Å². The third-order valence-electron chi connectivity index (χ3n) is 5.69. The Kier molecular flexibility index (Phi) is 6.58. The lowest BCUT2D eigenvalue weighted by molar-refractivity contribution is -0.154. The molecule has 3 aliphatic carbocycles. The third kappa shape index (κ3) is 4.37. The fourth-order valence-corrected chi connectivity index (χ4v) is 4.67. The third-order valence-corrected chi connectivity index (χ3v) is 5.86. The smallest absolute Gasteiger partial charge is 0.311 e. The van der Waals surface area contributed by atoms with Crippen LogP contribution in [0.1, 0.15) is 50.8 Å². The van der Waals surface area contributed by atoms with Crippen molar-refractivity contribution < 1.29 is 14.3 Å². The van der Waals surface area contributed by atoms with Gasteiger partial charge in [0.05, 0.1) is 31.1 Å². The highest BCUT2D eigenvalue weighted by Crippen LogP contribution is 2.47. The van der Waals surface area contributed by atoms with Crippen LogP contribution in [0.15, 0.2) is 6.26 Å². The molecule has 1 aromatic heterocycles. The summed E-state index contributed by atoms with van der Waals surface area (Å²) in [6, 6.07) is 0.00107. The molecule has 3 saturated carbocycles. The van der Waals surface area contributed by atoms with Gasteiger partial charge in [0.2, 0.25) is 5.28 Å². The van der Waals surface area contributed by atoms with Crippen molar-refractivity contribution in [3.63, 3.8) is 0 Å². The second-order valence-corrected chi connectivity index (χ2v) is 7.56. The molecule has 3 fully saturated rings. The number of hydrogen-bond acceptors (Lipinski definition) is 6. The molecule has 6 nitrogen and oxygen atoms in total. The number of hydrogen-bond donors (Lipinski definition) is 1. The van der Waals surface area contributed by atoms with E-state index in [0.717, 1.165) is 36.9 Å². The first-order chi connectivity index (χ1) is 13.0. The number of aryl methyl sites for hydroxylation is 1. The number of rotatable bonds is 7. The van der Waals surface area contributed by atoms with E-state index < -0.39 is 0 Å². The SMILES string of the molecule is CCO/C=C/c1c(C)nc(Cl)nc1N[C@H]1C2CCC(CC2)[C@@H]1C(=O)OCC. The summed E-state index contributed by atoms with van der Waals surface area (Å²) in [5.41, 5.74) is 1.60. The number of fused-ring (bicyclic) bond motifs is 3. The Labute approximate surface area is 165 Å². The van der Waals surface area contributed by atoms with E-state index in [2.05, 4.69) is 15.3 Å². The molecule has 148 valence electrons. The number of esters is 1. The molecule has 1 N–H and O–H groups in total. The molecule has 0 radical (unpaired) electrons. The molecule has 7 heteroatoms. The Morgan fingerprint density at radius 1 is 1.19 bits per heavy atom. The zero-order chi connectivity index (χ0) is 19.4. The van der Waals surface area contributed by atoms with Crippen molar-refractivity contribution in [3.8, 4) is 0 Å². The zero-order valence-electron chi connectivity index (χ0n) is 16.2. The lowest BCUT2D eigenvalue weighted by atomic mass is 9.61. The van der Waals surface area contributed by atoms with Crippen molar-refractivity contribution in [2.45, 2.75) is 52.5 Å². The van der Waals surface area contributed by atoms with Gasteiger partial charge in [-0.1, -0.05) is 0 Å². The first kappa shape index (κ1) is 19.9. The highest BCUT2D eigenvalue weighted by molar-refractivity contribution is 6.28. The van der Waals surface area contributed by atoms with E-state index in [1.54, 1.807) is 6.26 Å². The van der Waals surface area contributed by atoms with E-state index >= 15 is 0 Å². The molecule has 2 atom stereocenters. The fraction of sp³-hybridized carbons (Fsp3) is 0.650. The minimum absolute atomic E-state index is 0.00107. The van der Waals surface area contributed by atoms with Gasteiger partial charge in [-0.15, -0.1) is 0 Å². The summed E-state index contributed by atoms with van der Waals surface area (Å²) < 4.78 is 10.7. The van der Waals surface area contributed by atoms with Gasteiger partial charge >= 0.3 is 5.97 Å². The Morgan fingerprint density at radius 2 is 1.89 bits per heavy atom. The van der Waals surface area contributed by atoms with Gasteiger partial charge in [0.15, 0.2) is 0 Å². The number of carbonyl (C=O) groups is 1. The molecule has 3 aliphatic rings. The average Bonchev–Trinajstić information content (AvgIpc) is 2.65. The molecule has 1 heterocycles. The first-order valence-electron chi connectivity index (χ1n) is 9.80. The number of ether oxygens (including phenoxy) is 2. The highest BCUT2D eigenvalue weighted by Gasteiger charge is 2.48. The van der Waals surface area contributed by atoms with Crippen LogP contribution in [0, 0.1) is 24.7 Å². The lowest BCUT2D eigenvalue weighted by Crippen LogP contribution is -2.52. The van der Waals surface area contributed by atoms with Crippen molar-refractivity contribution in [1.82, 2.24) is 9.97 Å². The summed E-state index contributed by atoms with van der Waals surface area (Å²) >= 11 is 6.12. The van der Waals surface area contributed by atoms with Gasteiger partial charge in [0.25, 0.3) is 0 Å². The Bertz CT molecular complexity index is 702. The molecule has 0 aromatic carbocycles. The van der Waals surface area contributed by atoms with Gasteiger partial charge < -0.3 is 14.8 Å². The average molecular weight is 394 g/mol. The van der Waals surface area contributed by atoms with Crippen molar-refractivity contribution in [3.05, 3.63) is 22.8 Å². The summed E-state index contributed by atoms with van der Waals surface area (Å²) in [5.74, 6) is 1.20. The normalized spacial score (nSPS) is 27.0. The van der Waals surface area contributed by atoms with E-state index in [1.165, 1.54) is 0 Å². The van der Waals surface area contributed by atoms with Crippen LogP contribution in [0.3, 0.4) is 0 Å². The van der Waals surface area contributed by atoms with Gasteiger partial charge in [-0.2, -0.15) is 0 Å². The minimum Gasteiger partial charge on any atom is -0.501 e. The van der Waals surface area contributed by atoms with E-state index in [0.29, 0.717) is 30.9 Å². The van der Waals surface area contributed by atoms with Crippen molar-refractivity contribution in [2.24, 2.45) is 17.8 Å². The molecular formula is C20H28ClN3O3. The number of nitrogens with zero attached hydrogens (tertiary/aromatic N) is 2. The molecule has 0 unspecified atom stereocenters. The Balaban J connectivity index is 1.91. The van der Waals surface area contributed by atoms with Crippen LogP contribution in [0.5, 0.6) is 0 Å². The van der Waals surface area contributed by atoms with Crippen LogP contribution in [0.2, 0.25) is 5.28 Å². The fourth-order valence-electron chi connectivity index (χ4n) is 4.46. The van der Waals surface area contributed by atoms with Gasteiger partial charge in [-0.05, 0) is 76.0 Å². The maximum absolute atomic E-state index is 12.7. The maximum atomic E-state index is 12.7. The number of aromatic nitrogens is 2.